The summed E-state index contributed by atoms with van der Waals surface area (Å²) in [5.74, 6) is -1.09. The zero-order chi connectivity index (χ0) is 23.9. The van der Waals surface area contributed by atoms with E-state index >= 15 is 0 Å². The second-order valence-electron chi connectivity index (χ2n) is 5.73. The number of carbonyl (C=O) groups excluding carboxylic acids is 3. The van der Waals surface area contributed by atoms with Gasteiger partial charge in [0.05, 0.1) is 19.8 Å². The Morgan fingerprint density at radius 3 is 0.833 bits per heavy atom. The van der Waals surface area contributed by atoms with E-state index in [0.717, 1.165) is 0 Å². The molecule has 0 aliphatic rings. The van der Waals surface area contributed by atoms with Crippen molar-refractivity contribution in [3.63, 3.8) is 0 Å². The lowest BCUT2D eigenvalue weighted by atomic mass is 10.4. The summed E-state index contributed by atoms with van der Waals surface area (Å²) in [7, 11) is 4.65. The van der Waals surface area contributed by atoms with Crippen LogP contribution in [-0.4, -0.2) is 78.9 Å². The molecule has 0 spiro atoms. The molecule has 0 aromatic carbocycles. The Kier molecular flexibility index (Phi) is 24.5. The summed E-state index contributed by atoms with van der Waals surface area (Å²) in [6.45, 7) is 17.2. The average Bonchev–Trinajstić information content (AvgIpc) is 2.69. The van der Waals surface area contributed by atoms with Crippen molar-refractivity contribution in [2.45, 2.75) is 20.8 Å². The average molecular weight is 433 g/mol. The van der Waals surface area contributed by atoms with Crippen LogP contribution in [0, 0.1) is 0 Å². The van der Waals surface area contributed by atoms with Gasteiger partial charge in [-0.3, -0.25) is 0 Å². The second-order valence-corrected chi connectivity index (χ2v) is 5.73. The Labute approximate surface area is 179 Å². The van der Waals surface area contributed by atoms with Crippen LogP contribution in [0.4, 0.5) is 0 Å². The van der Waals surface area contributed by atoms with E-state index in [2.05, 4.69) is 48.2 Å². The van der Waals surface area contributed by atoms with E-state index in [1.54, 1.807) is 42.1 Å². The number of esters is 3. The van der Waals surface area contributed by atoms with E-state index in [9.17, 15) is 14.4 Å². The molecule has 0 aromatic heterocycles. The Morgan fingerprint density at radius 2 is 0.700 bits per heavy atom. The molecule has 174 valence electrons. The fraction of sp³-hybridized carbons (Fsp3) is 0.571. The lowest BCUT2D eigenvalue weighted by Gasteiger charge is -2.01. The van der Waals surface area contributed by atoms with Crippen molar-refractivity contribution in [1.29, 1.82) is 0 Å². The van der Waals surface area contributed by atoms with E-state index in [-0.39, 0.29) is 17.9 Å². The first-order valence-electron chi connectivity index (χ1n) is 8.99. The maximum atomic E-state index is 10.6. The van der Waals surface area contributed by atoms with E-state index in [4.69, 9.17) is 0 Å². The first kappa shape index (κ1) is 32.2. The molecule has 0 radical (unpaired) electrons. The molecule has 0 unspecified atom stereocenters. The first-order valence-corrected chi connectivity index (χ1v) is 8.99. The molecule has 30 heavy (non-hydrogen) atoms. The third kappa shape index (κ3) is 25.5. The minimum atomic E-state index is -0.364. The topological polar surface area (TPSA) is 107 Å². The van der Waals surface area contributed by atoms with Gasteiger partial charge in [0.15, 0.2) is 0 Å². The third-order valence-electron chi connectivity index (χ3n) is 2.61. The Bertz CT molecular complexity index is 463. The summed E-state index contributed by atoms with van der Waals surface area (Å²) in [5, 5.41) is 0. The minimum Gasteiger partial charge on any atom is -0.460 e. The standard InChI is InChI=1S/3C7H12O3/c3*1-6(2)7(8)10-5-4-9-3/h3*1,4-5H2,2-3H3. The highest BCUT2D eigenvalue weighted by molar-refractivity contribution is 5.87. The van der Waals surface area contributed by atoms with Crippen molar-refractivity contribution in [3.05, 3.63) is 36.5 Å². The van der Waals surface area contributed by atoms with E-state index in [0.29, 0.717) is 56.4 Å². The molecule has 9 heteroatoms. The van der Waals surface area contributed by atoms with Crippen molar-refractivity contribution in [2.75, 3.05) is 61.0 Å². The molecule has 0 atom stereocenters. The van der Waals surface area contributed by atoms with Crippen LogP contribution < -0.4 is 0 Å². The van der Waals surface area contributed by atoms with Crippen LogP contribution in [0.3, 0.4) is 0 Å². The fourth-order valence-electron chi connectivity index (χ4n) is 1.02. The summed E-state index contributed by atoms with van der Waals surface area (Å²) < 4.78 is 28.0. The van der Waals surface area contributed by atoms with Crippen molar-refractivity contribution < 1.29 is 42.8 Å². The highest BCUT2D eigenvalue weighted by Crippen LogP contribution is 1.92. The summed E-state index contributed by atoms with van der Waals surface area (Å²) in [5.41, 5.74) is 1.24. The molecule has 0 aliphatic carbocycles. The first-order chi connectivity index (χ1) is 14.0. The van der Waals surface area contributed by atoms with Crippen molar-refractivity contribution in [2.24, 2.45) is 0 Å². The number of methoxy groups -OCH3 is 3. The zero-order valence-electron chi connectivity index (χ0n) is 19.0. The number of ether oxygens (including phenoxy) is 6. The quantitative estimate of drug-likeness (QED) is 0.199. The molecule has 0 rings (SSSR count). The SMILES string of the molecule is C=C(C)C(=O)OCCOC.C=C(C)C(=O)OCCOC.C=C(C)C(=O)OCCOC. The van der Waals surface area contributed by atoms with Gasteiger partial charge in [0.2, 0.25) is 0 Å². The fourth-order valence-corrected chi connectivity index (χ4v) is 1.02. The van der Waals surface area contributed by atoms with Crippen LogP contribution in [0.15, 0.2) is 36.5 Å². The monoisotopic (exact) mass is 432 g/mol. The molecule has 0 aliphatic heterocycles. The van der Waals surface area contributed by atoms with E-state index in [1.807, 2.05) is 0 Å². The van der Waals surface area contributed by atoms with Crippen molar-refractivity contribution >= 4 is 17.9 Å². The second kappa shape index (κ2) is 22.8. The molecule has 0 saturated carbocycles. The Morgan fingerprint density at radius 1 is 0.500 bits per heavy atom. The molecule has 9 nitrogen and oxygen atoms in total. The highest BCUT2D eigenvalue weighted by atomic mass is 16.6. The summed E-state index contributed by atoms with van der Waals surface area (Å²) in [6, 6.07) is 0. The summed E-state index contributed by atoms with van der Waals surface area (Å²) in [6.07, 6.45) is 0. The Balaban J connectivity index is -0.000000364. The molecule has 0 saturated heterocycles. The van der Waals surface area contributed by atoms with Gasteiger partial charge in [0.25, 0.3) is 0 Å². The molecule has 0 N–H and O–H groups in total. The van der Waals surface area contributed by atoms with Crippen LogP contribution in [0.25, 0.3) is 0 Å². The number of hydrogen-bond acceptors (Lipinski definition) is 9. The van der Waals surface area contributed by atoms with Gasteiger partial charge in [-0.15, -0.1) is 0 Å². The van der Waals surface area contributed by atoms with Gasteiger partial charge in [0, 0.05) is 38.0 Å². The van der Waals surface area contributed by atoms with Gasteiger partial charge in [-0.1, -0.05) is 19.7 Å². The lowest BCUT2D eigenvalue weighted by Crippen LogP contribution is -2.09. The van der Waals surface area contributed by atoms with Crippen LogP contribution >= 0.6 is 0 Å². The van der Waals surface area contributed by atoms with Crippen LogP contribution in [0.5, 0.6) is 0 Å². The summed E-state index contributed by atoms with van der Waals surface area (Å²) in [4.78, 5) is 31.9. The number of hydrogen-bond donors (Lipinski definition) is 0. The molecular weight excluding hydrogens is 396 g/mol. The summed E-state index contributed by atoms with van der Waals surface area (Å²) >= 11 is 0. The minimum absolute atomic E-state index is 0.294. The van der Waals surface area contributed by atoms with Gasteiger partial charge < -0.3 is 28.4 Å². The van der Waals surface area contributed by atoms with Crippen molar-refractivity contribution in [1.82, 2.24) is 0 Å². The van der Waals surface area contributed by atoms with Crippen molar-refractivity contribution in [3.8, 4) is 0 Å². The van der Waals surface area contributed by atoms with Gasteiger partial charge >= 0.3 is 17.9 Å². The van der Waals surface area contributed by atoms with E-state index in [1.165, 1.54) is 0 Å². The molecular formula is C21H36O9. The maximum Gasteiger partial charge on any atom is 0.333 e. The normalized spacial score (nSPS) is 9.00. The molecule has 0 aromatic rings. The lowest BCUT2D eigenvalue weighted by molar-refractivity contribution is -0.141. The zero-order valence-corrected chi connectivity index (χ0v) is 19.0. The van der Waals surface area contributed by atoms with Gasteiger partial charge in [0.1, 0.15) is 19.8 Å². The largest absolute Gasteiger partial charge is 0.460 e. The molecule has 0 fully saturated rings. The molecule has 0 amide bonds. The molecule has 0 bridgehead atoms. The smallest absolute Gasteiger partial charge is 0.333 e. The maximum absolute atomic E-state index is 10.6. The van der Waals surface area contributed by atoms with Gasteiger partial charge in [-0.05, 0) is 20.8 Å². The predicted molar refractivity (Wildman–Crippen MR) is 113 cm³/mol. The van der Waals surface area contributed by atoms with E-state index < -0.39 is 0 Å². The van der Waals surface area contributed by atoms with Crippen LogP contribution in [0.2, 0.25) is 0 Å². The third-order valence-corrected chi connectivity index (χ3v) is 2.61. The Hall–Kier alpha value is -2.49. The number of carbonyl (C=O) groups is 3. The van der Waals surface area contributed by atoms with Gasteiger partial charge in [-0.25, -0.2) is 14.4 Å². The van der Waals surface area contributed by atoms with Crippen LogP contribution in [0.1, 0.15) is 20.8 Å². The van der Waals surface area contributed by atoms with Crippen LogP contribution in [-0.2, 0) is 42.8 Å². The highest BCUT2D eigenvalue weighted by Gasteiger charge is 2.01. The molecule has 0 heterocycles. The van der Waals surface area contributed by atoms with Gasteiger partial charge in [-0.2, -0.15) is 0 Å². The number of rotatable bonds is 12. The predicted octanol–water partition coefficient (Wildman–Crippen LogP) is 2.26.